The molecule has 25 heavy (non-hydrogen) atoms. The third-order valence-corrected chi connectivity index (χ3v) is 4.83. The van der Waals surface area contributed by atoms with Gasteiger partial charge < -0.3 is 5.73 Å². The van der Waals surface area contributed by atoms with Crippen molar-refractivity contribution < 1.29 is 9.59 Å². The van der Waals surface area contributed by atoms with Gasteiger partial charge in [-0.25, -0.2) is 0 Å². The van der Waals surface area contributed by atoms with Gasteiger partial charge in [0.2, 0.25) is 0 Å². The van der Waals surface area contributed by atoms with Crippen LogP contribution in [-0.2, 0) is 19.3 Å². The van der Waals surface area contributed by atoms with Gasteiger partial charge in [-0.2, -0.15) is 0 Å². The average Bonchev–Trinajstić information content (AvgIpc) is 2.87. The fourth-order valence-corrected chi connectivity index (χ4v) is 3.49. The van der Waals surface area contributed by atoms with Crippen molar-refractivity contribution in [1.82, 2.24) is 4.90 Å². The third-order valence-electron chi connectivity index (χ3n) is 4.83. The number of fused-ring (bicyclic) bond motifs is 1. The summed E-state index contributed by atoms with van der Waals surface area (Å²) in [6.07, 6.45) is 2.65. The molecule has 4 heteroatoms. The molecule has 2 amide bonds. The predicted molar refractivity (Wildman–Crippen MR) is 98.7 cm³/mol. The summed E-state index contributed by atoms with van der Waals surface area (Å²) >= 11 is 0. The van der Waals surface area contributed by atoms with Crippen LogP contribution in [0.1, 0.15) is 51.3 Å². The van der Waals surface area contributed by atoms with Crippen LogP contribution in [0.2, 0.25) is 0 Å². The zero-order chi connectivity index (χ0) is 18.0. The number of carbonyl (C=O) groups excluding carboxylic acids is 2. The molecule has 2 aromatic rings. The van der Waals surface area contributed by atoms with Gasteiger partial charge in [0.25, 0.3) is 11.8 Å². The number of hydrogen-bond acceptors (Lipinski definition) is 3. The summed E-state index contributed by atoms with van der Waals surface area (Å²) in [4.78, 5) is 26.1. The fourth-order valence-electron chi connectivity index (χ4n) is 3.49. The zero-order valence-electron chi connectivity index (χ0n) is 14.8. The van der Waals surface area contributed by atoms with E-state index in [0.717, 1.165) is 18.4 Å². The molecule has 0 bridgehead atoms. The van der Waals surface area contributed by atoms with Crippen LogP contribution in [0.25, 0.3) is 0 Å². The predicted octanol–water partition coefficient (Wildman–Crippen LogP) is 2.98. The number of hydrogen-bond donors (Lipinski definition) is 1. The minimum absolute atomic E-state index is 0.239. The van der Waals surface area contributed by atoms with E-state index in [4.69, 9.17) is 5.73 Å². The number of carbonyl (C=O) groups is 2. The third kappa shape index (κ3) is 3.35. The summed E-state index contributed by atoms with van der Waals surface area (Å²) in [5, 5.41) is 0. The maximum Gasteiger partial charge on any atom is 0.261 e. The van der Waals surface area contributed by atoms with Crippen molar-refractivity contribution in [1.29, 1.82) is 0 Å². The molecule has 1 atom stereocenters. The lowest BCUT2D eigenvalue weighted by Crippen LogP contribution is -2.41. The largest absolute Gasteiger partial charge is 0.326 e. The maximum absolute atomic E-state index is 12.4. The van der Waals surface area contributed by atoms with E-state index in [1.807, 2.05) is 0 Å². The summed E-state index contributed by atoms with van der Waals surface area (Å²) in [5.41, 5.74) is 11.1. The van der Waals surface area contributed by atoms with Crippen LogP contribution in [0.3, 0.4) is 0 Å². The number of nitrogens with two attached hydrogens (primary N) is 1. The molecular formula is C21H24N2O2. The molecule has 0 radical (unpaired) electrons. The number of amides is 2. The number of aryl methyl sites for hydroxylation is 2. The molecule has 4 nitrogen and oxygen atoms in total. The quantitative estimate of drug-likeness (QED) is 0.825. The molecule has 0 fully saturated rings. The summed E-state index contributed by atoms with van der Waals surface area (Å²) < 4.78 is 0. The second-order valence-electron chi connectivity index (χ2n) is 6.54. The van der Waals surface area contributed by atoms with Crippen LogP contribution >= 0.6 is 0 Å². The van der Waals surface area contributed by atoms with E-state index in [2.05, 4.69) is 32.0 Å². The van der Waals surface area contributed by atoms with Gasteiger partial charge in [0.1, 0.15) is 0 Å². The first kappa shape index (κ1) is 17.4. The molecular weight excluding hydrogens is 312 g/mol. The molecule has 2 N–H and O–H groups in total. The van der Waals surface area contributed by atoms with Gasteiger partial charge in [0.05, 0.1) is 11.1 Å². The molecule has 0 spiro atoms. The van der Waals surface area contributed by atoms with Crippen molar-refractivity contribution in [2.24, 2.45) is 5.73 Å². The molecule has 2 aromatic carbocycles. The SMILES string of the molecule is CCc1ccc(CC(N)CN2C(=O)c3ccccc3C2=O)cc1CC. The molecule has 0 aliphatic carbocycles. The van der Waals surface area contributed by atoms with Crippen LogP contribution in [0.15, 0.2) is 42.5 Å². The highest BCUT2D eigenvalue weighted by molar-refractivity contribution is 6.21. The van der Waals surface area contributed by atoms with Crippen molar-refractivity contribution in [3.8, 4) is 0 Å². The van der Waals surface area contributed by atoms with Crippen molar-refractivity contribution >= 4 is 11.8 Å². The lowest BCUT2D eigenvalue weighted by atomic mass is 9.97. The highest BCUT2D eigenvalue weighted by Crippen LogP contribution is 2.23. The monoisotopic (exact) mass is 336 g/mol. The van der Waals surface area contributed by atoms with Gasteiger partial charge in [-0.1, -0.05) is 44.2 Å². The molecule has 0 saturated heterocycles. The zero-order valence-corrected chi connectivity index (χ0v) is 14.8. The Kier molecular flexibility index (Phi) is 5.00. The van der Waals surface area contributed by atoms with E-state index in [1.54, 1.807) is 24.3 Å². The first-order valence-corrected chi connectivity index (χ1v) is 8.86. The van der Waals surface area contributed by atoms with Gasteiger partial charge in [-0.15, -0.1) is 0 Å². The van der Waals surface area contributed by atoms with Crippen LogP contribution in [0.5, 0.6) is 0 Å². The van der Waals surface area contributed by atoms with E-state index in [-0.39, 0.29) is 24.4 Å². The number of benzene rings is 2. The Hall–Kier alpha value is -2.46. The van der Waals surface area contributed by atoms with Crippen molar-refractivity contribution in [2.45, 2.75) is 39.2 Å². The smallest absolute Gasteiger partial charge is 0.261 e. The standard InChI is InChI=1S/C21H24N2O2/c1-3-15-10-9-14(11-16(15)4-2)12-17(22)13-23-20(24)18-7-5-6-8-19(18)21(23)25/h5-11,17H,3-4,12-13,22H2,1-2H3. The second kappa shape index (κ2) is 7.19. The highest BCUT2D eigenvalue weighted by atomic mass is 16.2. The van der Waals surface area contributed by atoms with Gasteiger partial charge in [0, 0.05) is 12.6 Å². The van der Waals surface area contributed by atoms with Crippen molar-refractivity contribution in [2.75, 3.05) is 6.54 Å². The van der Waals surface area contributed by atoms with E-state index in [9.17, 15) is 9.59 Å². The van der Waals surface area contributed by atoms with E-state index in [1.165, 1.54) is 16.0 Å². The molecule has 0 aromatic heterocycles. The van der Waals surface area contributed by atoms with E-state index >= 15 is 0 Å². The Morgan fingerprint density at radius 3 is 2.08 bits per heavy atom. The first-order chi connectivity index (χ1) is 12.0. The number of rotatable bonds is 6. The maximum atomic E-state index is 12.4. The van der Waals surface area contributed by atoms with Gasteiger partial charge in [0.15, 0.2) is 0 Å². The molecule has 1 aliphatic heterocycles. The Morgan fingerprint density at radius 1 is 0.920 bits per heavy atom. The average molecular weight is 336 g/mol. The Bertz CT molecular complexity index is 778. The molecule has 1 aliphatic rings. The molecule has 0 saturated carbocycles. The van der Waals surface area contributed by atoms with Crippen LogP contribution in [0, 0.1) is 0 Å². The number of imide groups is 1. The van der Waals surface area contributed by atoms with Crippen LogP contribution < -0.4 is 5.73 Å². The summed E-state index contributed by atoms with van der Waals surface area (Å²) in [7, 11) is 0. The van der Waals surface area contributed by atoms with Gasteiger partial charge in [-0.3, -0.25) is 14.5 Å². The Morgan fingerprint density at radius 2 is 1.52 bits per heavy atom. The minimum atomic E-state index is -0.278. The fraction of sp³-hybridized carbons (Fsp3) is 0.333. The normalized spacial score (nSPS) is 14.8. The lowest BCUT2D eigenvalue weighted by molar-refractivity contribution is 0.0644. The molecule has 1 unspecified atom stereocenters. The van der Waals surface area contributed by atoms with Crippen molar-refractivity contribution in [3.05, 3.63) is 70.3 Å². The summed E-state index contributed by atoms with van der Waals surface area (Å²) in [6, 6.07) is 13.1. The van der Waals surface area contributed by atoms with Crippen LogP contribution in [0.4, 0.5) is 0 Å². The second-order valence-corrected chi connectivity index (χ2v) is 6.54. The van der Waals surface area contributed by atoms with Gasteiger partial charge in [-0.05, 0) is 48.1 Å². The number of nitrogens with zero attached hydrogens (tertiary/aromatic N) is 1. The van der Waals surface area contributed by atoms with E-state index in [0.29, 0.717) is 17.5 Å². The van der Waals surface area contributed by atoms with Gasteiger partial charge >= 0.3 is 0 Å². The van der Waals surface area contributed by atoms with Crippen molar-refractivity contribution in [3.63, 3.8) is 0 Å². The molecule has 3 rings (SSSR count). The Balaban J connectivity index is 1.71. The van der Waals surface area contributed by atoms with Crippen LogP contribution in [-0.4, -0.2) is 29.3 Å². The lowest BCUT2D eigenvalue weighted by Gasteiger charge is -2.20. The first-order valence-electron chi connectivity index (χ1n) is 8.86. The molecule has 130 valence electrons. The Labute approximate surface area is 148 Å². The molecule has 1 heterocycles. The topological polar surface area (TPSA) is 63.4 Å². The highest BCUT2D eigenvalue weighted by Gasteiger charge is 2.35. The minimum Gasteiger partial charge on any atom is -0.326 e. The summed E-state index contributed by atoms with van der Waals surface area (Å²) in [6.45, 7) is 4.54. The van der Waals surface area contributed by atoms with E-state index < -0.39 is 0 Å². The summed E-state index contributed by atoms with van der Waals surface area (Å²) in [5.74, 6) is -0.488.